The van der Waals surface area contributed by atoms with Gasteiger partial charge in [-0.2, -0.15) is 5.26 Å². The molecule has 0 aliphatic carbocycles. The molecule has 2 rings (SSSR count). The molecule has 0 saturated carbocycles. The first kappa shape index (κ1) is 14.9. The Morgan fingerprint density at radius 3 is 2.38 bits per heavy atom. The minimum atomic E-state index is 0.0853. The number of methoxy groups -OCH3 is 2. The summed E-state index contributed by atoms with van der Waals surface area (Å²) in [5, 5.41) is 9.42. The zero-order valence-corrected chi connectivity index (χ0v) is 12.3. The van der Waals surface area contributed by atoms with Crippen LogP contribution in [0.5, 0.6) is 11.5 Å². The number of nitrogens with zero attached hydrogens (tertiary/aromatic N) is 1. The van der Waals surface area contributed by atoms with Crippen molar-refractivity contribution < 1.29 is 14.2 Å². The topological polar surface area (TPSA) is 51.5 Å². The van der Waals surface area contributed by atoms with E-state index in [-0.39, 0.29) is 6.79 Å². The van der Waals surface area contributed by atoms with Gasteiger partial charge in [-0.15, -0.1) is 0 Å². The first-order chi connectivity index (χ1) is 10.2. The van der Waals surface area contributed by atoms with Gasteiger partial charge in [0.25, 0.3) is 0 Å². The van der Waals surface area contributed by atoms with E-state index in [4.69, 9.17) is 14.2 Å². The summed E-state index contributed by atoms with van der Waals surface area (Å²) >= 11 is 0. The predicted octanol–water partition coefficient (Wildman–Crippen LogP) is 3.53. The van der Waals surface area contributed by atoms with E-state index in [1.807, 2.05) is 37.3 Å². The Kier molecular flexibility index (Phi) is 4.81. The maximum Gasteiger partial charge on any atom is 0.188 e. The molecule has 2 aromatic carbocycles. The van der Waals surface area contributed by atoms with Crippen molar-refractivity contribution >= 4 is 0 Å². The van der Waals surface area contributed by atoms with Gasteiger partial charge in [-0.1, -0.05) is 30.3 Å². The molecule has 108 valence electrons. The fourth-order valence-corrected chi connectivity index (χ4v) is 2.26. The van der Waals surface area contributed by atoms with Gasteiger partial charge in [0.15, 0.2) is 6.79 Å². The smallest absolute Gasteiger partial charge is 0.188 e. The lowest BCUT2D eigenvalue weighted by atomic mass is 9.95. The zero-order chi connectivity index (χ0) is 15.2. The summed E-state index contributed by atoms with van der Waals surface area (Å²) in [6.45, 7) is 1.98. The van der Waals surface area contributed by atoms with E-state index in [0.29, 0.717) is 17.1 Å². The number of benzene rings is 2. The monoisotopic (exact) mass is 283 g/mol. The highest BCUT2D eigenvalue weighted by Crippen LogP contribution is 2.39. The van der Waals surface area contributed by atoms with E-state index in [9.17, 15) is 5.26 Å². The first-order valence-electron chi connectivity index (χ1n) is 6.51. The lowest BCUT2D eigenvalue weighted by molar-refractivity contribution is 0.0507. The van der Waals surface area contributed by atoms with Crippen LogP contribution in [0.25, 0.3) is 11.1 Å². The van der Waals surface area contributed by atoms with Crippen molar-refractivity contribution in [3.05, 3.63) is 47.5 Å². The maximum absolute atomic E-state index is 9.42. The Bertz CT molecular complexity index is 660. The Morgan fingerprint density at radius 1 is 1.10 bits per heavy atom. The van der Waals surface area contributed by atoms with Crippen molar-refractivity contribution in [2.75, 3.05) is 21.0 Å². The molecule has 0 aromatic heterocycles. The molecular weight excluding hydrogens is 266 g/mol. The van der Waals surface area contributed by atoms with Gasteiger partial charge in [-0.25, -0.2) is 0 Å². The second kappa shape index (κ2) is 6.78. The number of hydrogen-bond donors (Lipinski definition) is 0. The van der Waals surface area contributed by atoms with Crippen molar-refractivity contribution in [1.82, 2.24) is 0 Å². The van der Waals surface area contributed by atoms with E-state index >= 15 is 0 Å². The van der Waals surface area contributed by atoms with Crippen LogP contribution in [-0.2, 0) is 4.74 Å². The van der Waals surface area contributed by atoms with E-state index in [1.54, 1.807) is 13.2 Å². The van der Waals surface area contributed by atoms with Crippen molar-refractivity contribution in [1.29, 1.82) is 5.26 Å². The molecule has 0 spiro atoms. The molecule has 0 aliphatic heterocycles. The fourth-order valence-electron chi connectivity index (χ4n) is 2.26. The summed E-state index contributed by atoms with van der Waals surface area (Å²) in [6, 6.07) is 13.8. The normalized spacial score (nSPS) is 10.0. The van der Waals surface area contributed by atoms with Gasteiger partial charge >= 0.3 is 0 Å². The van der Waals surface area contributed by atoms with Crippen molar-refractivity contribution in [3.63, 3.8) is 0 Å². The first-order valence-corrected chi connectivity index (χ1v) is 6.51. The predicted molar refractivity (Wildman–Crippen MR) is 80.4 cm³/mol. The molecule has 0 radical (unpaired) electrons. The van der Waals surface area contributed by atoms with E-state index in [2.05, 4.69) is 6.07 Å². The highest BCUT2D eigenvalue weighted by Gasteiger charge is 2.18. The van der Waals surface area contributed by atoms with Crippen molar-refractivity contribution in [2.24, 2.45) is 0 Å². The zero-order valence-electron chi connectivity index (χ0n) is 12.3. The number of hydrogen-bond acceptors (Lipinski definition) is 4. The van der Waals surface area contributed by atoms with Crippen LogP contribution >= 0.6 is 0 Å². The third-order valence-electron chi connectivity index (χ3n) is 3.23. The van der Waals surface area contributed by atoms with E-state index in [0.717, 1.165) is 16.7 Å². The molecule has 21 heavy (non-hydrogen) atoms. The average molecular weight is 283 g/mol. The molecule has 4 nitrogen and oxygen atoms in total. The highest BCUT2D eigenvalue weighted by molar-refractivity contribution is 5.78. The summed E-state index contributed by atoms with van der Waals surface area (Å²) < 4.78 is 15.8. The molecule has 0 fully saturated rings. The Balaban J connectivity index is 2.64. The Morgan fingerprint density at radius 2 is 1.81 bits per heavy atom. The Labute approximate surface area is 124 Å². The SMILES string of the molecule is COCOc1cc(OC)c(-c2ccccc2)c(C)c1C#N. The molecule has 0 saturated heterocycles. The van der Waals surface area contributed by atoms with Gasteiger partial charge in [0.2, 0.25) is 0 Å². The van der Waals surface area contributed by atoms with Gasteiger partial charge in [0, 0.05) is 18.7 Å². The van der Waals surface area contributed by atoms with Gasteiger partial charge in [0.05, 0.1) is 12.7 Å². The van der Waals surface area contributed by atoms with Crippen molar-refractivity contribution in [2.45, 2.75) is 6.92 Å². The number of nitriles is 1. The second-order valence-electron chi connectivity index (χ2n) is 4.48. The molecule has 2 aromatic rings. The van der Waals surface area contributed by atoms with Crippen LogP contribution in [0.1, 0.15) is 11.1 Å². The molecule has 0 bridgehead atoms. The molecule has 0 heterocycles. The van der Waals surface area contributed by atoms with Gasteiger partial charge in [-0.3, -0.25) is 0 Å². The second-order valence-corrected chi connectivity index (χ2v) is 4.48. The van der Waals surface area contributed by atoms with Gasteiger partial charge in [0.1, 0.15) is 17.6 Å². The maximum atomic E-state index is 9.42. The molecule has 4 heteroatoms. The number of ether oxygens (including phenoxy) is 3. The van der Waals surface area contributed by atoms with E-state index in [1.165, 1.54) is 7.11 Å². The standard InChI is InChI=1S/C17H17NO3/c1-12-14(10-18)15(21-11-19-2)9-16(20-3)17(12)13-7-5-4-6-8-13/h4-9H,11H2,1-3H3. The third-order valence-corrected chi connectivity index (χ3v) is 3.23. The molecule has 0 N–H and O–H groups in total. The van der Waals surface area contributed by atoms with Crippen LogP contribution in [0.2, 0.25) is 0 Å². The summed E-state index contributed by atoms with van der Waals surface area (Å²) in [7, 11) is 3.14. The summed E-state index contributed by atoms with van der Waals surface area (Å²) in [6.07, 6.45) is 0. The lowest BCUT2D eigenvalue weighted by Crippen LogP contribution is -2.03. The van der Waals surface area contributed by atoms with Gasteiger partial charge < -0.3 is 14.2 Å². The highest BCUT2D eigenvalue weighted by atomic mass is 16.7. The fraction of sp³-hybridized carbons (Fsp3) is 0.235. The van der Waals surface area contributed by atoms with Crippen LogP contribution in [0, 0.1) is 18.3 Å². The molecule has 0 amide bonds. The quantitative estimate of drug-likeness (QED) is 0.788. The van der Waals surface area contributed by atoms with Crippen LogP contribution in [0.3, 0.4) is 0 Å². The van der Waals surface area contributed by atoms with Gasteiger partial charge in [-0.05, 0) is 18.1 Å². The lowest BCUT2D eigenvalue weighted by Gasteiger charge is -2.17. The summed E-state index contributed by atoms with van der Waals surface area (Å²) in [5.74, 6) is 1.14. The van der Waals surface area contributed by atoms with Crippen LogP contribution in [0.4, 0.5) is 0 Å². The summed E-state index contributed by atoms with van der Waals surface area (Å²) in [5.41, 5.74) is 3.22. The molecular formula is C17H17NO3. The Hall–Kier alpha value is -2.51. The molecule has 0 unspecified atom stereocenters. The van der Waals surface area contributed by atoms with E-state index < -0.39 is 0 Å². The van der Waals surface area contributed by atoms with Crippen molar-refractivity contribution in [3.8, 4) is 28.7 Å². The van der Waals surface area contributed by atoms with Crippen LogP contribution in [0.15, 0.2) is 36.4 Å². The largest absolute Gasteiger partial charge is 0.496 e. The molecule has 0 aliphatic rings. The third kappa shape index (κ3) is 2.99. The molecule has 0 atom stereocenters. The minimum Gasteiger partial charge on any atom is -0.496 e. The van der Waals surface area contributed by atoms with Crippen LogP contribution in [-0.4, -0.2) is 21.0 Å². The number of rotatable bonds is 5. The average Bonchev–Trinajstić information content (AvgIpc) is 2.53. The van der Waals surface area contributed by atoms with Crippen LogP contribution < -0.4 is 9.47 Å². The minimum absolute atomic E-state index is 0.0853. The summed E-state index contributed by atoms with van der Waals surface area (Å²) in [4.78, 5) is 0.